The van der Waals surface area contributed by atoms with Gasteiger partial charge in [0, 0.05) is 38.2 Å². The van der Waals surface area contributed by atoms with Crippen molar-refractivity contribution in [1.29, 1.82) is 0 Å². The zero-order chi connectivity index (χ0) is 18.0. The van der Waals surface area contributed by atoms with Gasteiger partial charge in [0.25, 0.3) is 5.56 Å². The molecule has 2 fully saturated rings. The van der Waals surface area contributed by atoms with Crippen LogP contribution in [0.3, 0.4) is 0 Å². The number of aromatic amines is 1. The number of hydrogen-bond donors (Lipinski definition) is 2. The predicted octanol–water partition coefficient (Wildman–Crippen LogP) is 0.445. The van der Waals surface area contributed by atoms with E-state index in [4.69, 9.17) is 9.47 Å². The van der Waals surface area contributed by atoms with Crippen LogP contribution >= 0.6 is 0 Å². The summed E-state index contributed by atoms with van der Waals surface area (Å²) >= 11 is 0. The van der Waals surface area contributed by atoms with Crippen LogP contribution in [0.1, 0.15) is 32.4 Å². The van der Waals surface area contributed by atoms with Gasteiger partial charge in [-0.2, -0.15) is 0 Å². The molecule has 2 aliphatic heterocycles. The fraction of sp³-hybridized carbons (Fsp3) is 0.688. The maximum Gasteiger partial charge on any atom is 0.422 e. The van der Waals surface area contributed by atoms with Gasteiger partial charge in [0.2, 0.25) is 5.95 Å². The molecule has 9 nitrogen and oxygen atoms in total. The van der Waals surface area contributed by atoms with Crippen molar-refractivity contribution in [2.75, 3.05) is 44.3 Å². The highest BCUT2D eigenvalue weighted by atomic mass is 16.6. The molecule has 25 heavy (non-hydrogen) atoms. The molecule has 1 aromatic rings. The molecule has 9 heteroatoms. The number of anilines is 1. The minimum atomic E-state index is -0.532. The molecule has 1 amide bonds. The summed E-state index contributed by atoms with van der Waals surface area (Å²) < 4.78 is 10.5. The van der Waals surface area contributed by atoms with E-state index >= 15 is 0 Å². The van der Waals surface area contributed by atoms with E-state index in [0.29, 0.717) is 45.3 Å². The Morgan fingerprint density at radius 1 is 1.36 bits per heavy atom. The molecule has 3 heterocycles. The summed E-state index contributed by atoms with van der Waals surface area (Å²) in [5, 5.41) is 1.76. The topological polar surface area (TPSA) is 99.8 Å². The van der Waals surface area contributed by atoms with Crippen molar-refractivity contribution in [2.45, 2.75) is 32.3 Å². The van der Waals surface area contributed by atoms with Gasteiger partial charge in [-0.25, -0.2) is 14.8 Å². The van der Waals surface area contributed by atoms with E-state index in [2.05, 4.69) is 15.4 Å². The molecule has 2 N–H and O–H groups in total. The molecule has 0 bridgehead atoms. The second-order valence-corrected chi connectivity index (χ2v) is 7.31. The number of H-pyrrole nitrogens is 1. The van der Waals surface area contributed by atoms with E-state index in [1.165, 1.54) is 6.07 Å². The summed E-state index contributed by atoms with van der Waals surface area (Å²) in [7, 11) is 0. The first kappa shape index (κ1) is 17.7. The molecule has 0 unspecified atom stereocenters. The maximum atomic E-state index is 12.0. The van der Waals surface area contributed by atoms with E-state index < -0.39 is 11.7 Å². The van der Waals surface area contributed by atoms with Gasteiger partial charge in [-0.3, -0.25) is 15.2 Å². The third-order valence-electron chi connectivity index (χ3n) is 4.01. The Labute approximate surface area is 146 Å². The highest BCUT2D eigenvalue weighted by molar-refractivity contribution is 5.67. The summed E-state index contributed by atoms with van der Waals surface area (Å²) in [5.74, 6) is 0.696. The summed E-state index contributed by atoms with van der Waals surface area (Å²) in [4.78, 5) is 33.1. The third-order valence-corrected chi connectivity index (χ3v) is 4.01. The lowest BCUT2D eigenvalue weighted by Crippen LogP contribution is -2.56. The first-order valence-corrected chi connectivity index (χ1v) is 8.49. The van der Waals surface area contributed by atoms with Crippen molar-refractivity contribution < 1.29 is 14.3 Å². The fourth-order valence-corrected chi connectivity index (χ4v) is 2.78. The Balaban J connectivity index is 1.58. The molecule has 1 aromatic heterocycles. The van der Waals surface area contributed by atoms with Crippen molar-refractivity contribution in [3.8, 4) is 0 Å². The number of hydrogen-bond acceptors (Lipinski definition) is 7. The minimum absolute atomic E-state index is 0.108. The zero-order valence-electron chi connectivity index (χ0n) is 14.9. The number of hydrazine groups is 1. The number of morpholine rings is 1. The molecular formula is C16H25N5O4. The zero-order valence-corrected chi connectivity index (χ0v) is 14.9. The van der Waals surface area contributed by atoms with Crippen LogP contribution in [-0.4, -0.2) is 66.1 Å². The van der Waals surface area contributed by atoms with Gasteiger partial charge in [-0.1, -0.05) is 0 Å². The molecule has 0 saturated carbocycles. The van der Waals surface area contributed by atoms with Gasteiger partial charge >= 0.3 is 6.09 Å². The van der Waals surface area contributed by atoms with Crippen LogP contribution in [0.4, 0.5) is 10.7 Å². The summed E-state index contributed by atoms with van der Waals surface area (Å²) in [5.41, 5.74) is 2.75. The first-order chi connectivity index (χ1) is 11.8. The van der Waals surface area contributed by atoms with Crippen LogP contribution in [0.25, 0.3) is 0 Å². The van der Waals surface area contributed by atoms with Crippen LogP contribution in [0.5, 0.6) is 0 Å². The number of aromatic nitrogens is 2. The lowest BCUT2D eigenvalue weighted by atomic mass is 9.98. The van der Waals surface area contributed by atoms with Crippen LogP contribution in [0.15, 0.2) is 10.9 Å². The van der Waals surface area contributed by atoms with Crippen LogP contribution in [-0.2, 0) is 9.47 Å². The largest absolute Gasteiger partial charge is 0.443 e. The van der Waals surface area contributed by atoms with Crippen LogP contribution < -0.4 is 15.9 Å². The molecule has 2 saturated heterocycles. The van der Waals surface area contributed by atoms with Crippen molar-refractivity contribution in [2.24, 2.45) is 0 Å². The van der Waals surface area contributed by atoms with Crippen molar-refractivity contribution in [3.63, 3.8) is 0 Å². The standard InChI is InChI=1S/C16H25N5O4/c1-16(2,3)25-15(23)19-21-9-11(10-21)12-8-13(22)18-14(17-12)20-4-6-24-7-5-20/h8,11H,4-7,9-10H2,1-3H3,(H,19,23)(H,17,18,22). The van der Waals surface area contributed by atoms with Gasteiger partial charge in [0.05, 0.1) is 18.9 Å². The van der Waals surface area contributed by atoms with Gasteiger partial charge in [-0.05, 0) is 20.8 Å². The molecule has 0 aromatic carbocycles. The van der Waals surface area contributed by atoms with E-state index in [-0.39, 0.29) is 11.5 Å². The van der Waals surface area contributed by atoms with E-state index in [1.807, 2.05) is 25.7 Å². The highest BCUT2D eigenvalue weighted by Crippen LogP contribution is 2.24. The first-order valence-electron chi connectivity index (χ1n) is 8.49. The molecule has 0 radical (unpaired) electrons. The number of nitrogens with one attached hydrogen (secondary N) is 2. The SMILES string of the molecule is CC(C)(C)OC(=O)NN1CC(c2cc(=O)[nH]c(N3CCOCC3)n2)C1. The van der Waals surface area contributed by atoms with Crippen LogP contribution in [0, 0.1) is 0 Å². The monoisotopic (exact) mass is 351 g/mol. The van der Waals surface area contributed by atoms with Crippen molar-refractivity contribution >= 4 is 12.0 Å². The predicted molar refractivity (Wildman–Crippen MR) is 91.6 cm³/mol. The highest BCUT2D eigenvalue weighted by Gasteiger charge is 2.32. The lowest BCUT2D eigenvalue weighted by Gasteiger charge is -2.39. The molecule has 3 rings (SSSR count). The number of rotatable bonds is 3. The second kappa shape index (κ2) is 7.01. The Bertz CT molecular complexity index is 672. The van der Waals surface area contributed by atoms with Gasteiger partial charge < -0.3 is 14.4 Å². The maximum absolute atomic E-state index is 12.0. The second-order valence-electron chi connectivity index (χ2n) is 7.31. The van der Waals surface area contributed by atoms with Crippen molar-refractivity contribution in [3.05, 3.63) is 22.1 Å². The third kappa shape index (κ3) is 4.70. The smallest absolute Gasteiger partial charge is 0.422 e. The number of nitrogens with zero attached hydrogens (tertiary/aromatic N) is 3. The Kier molecular flexibility index (Phi) is 4.96. The van der Waals surface area contributed by atoms with E-state index in [9.17, 15) is 9.59 Å². The minimum Gasteiger partial charge on any atom is -0.443 e. The average molecular weight is 351 g/mol. The molecule has 2 aliphatic rings. The summed E-state index contributed by atoms with van der Waals surface area (Å²) in [6.07, 6.45) is -0.473. The number of carbonyl (C=O) groups excluding carboxylic acids is 1. The summed E-state index contributed by atoms with van der Waals surface area (Å²) in [6, 6.07) is 1.53. The van der Waals surface area contributed by atoms with Gasteiger partial charge in [-0.15, -0.1) is 0 Å². The number of amides is 1. The van der Waals surface area contributed by atoms with E-state index in [1.54, 1.807) is 5.01 Å². The molecule has 0 aliphatic carbocycles. The molecule has 0 spiro atoms. The Hall–Kier alpha value is -2.13. The Morgan fingerprint density at radius 3 is 2.68 bits per heavy atom. The van der Waals surface area contributed by atoms with Crippen LogP contribution in [0.2, 0.25) is 0 Å². The Morgan fingerprint density at radius 2 is 2.04 bits per heavy atom. The molecule has 0 atom stereocenters. The normalized spacial score (nSPS) is 19.4. The molecular weight excluding hydrogens is 326 g/mol. The quantitative estimate of drug-likeness (QED) is 0.815. The number of ether oxygens (including phenoxy) is 2. The lowest BCUT2D eigenvalue weighted by molar-refractivity contribution is 0.0146. The van der Waals surface area contributed by atoms with E-state index in [0.717, 1.165) is 5.69 Å². The summed E-state index contributed by atoms with van der Waals surface area (Å²) in [6.45, 7) is 9.33. The van der Waals surface area contributed by atoms with Crippen molar-refractivity contribution in [1.82, 2.24) is 20.4 Å². The fourth-order valence-electron chi connectivity index (χ4n) is 2.78. The average Bonchev–Trinajstić information content (AvgIpc) is 2.49. The van der Waals surface area contributed by atoms with Gasteiger partial charge in [0.1, 0.15) is 5.60 Å². The van der Waals surface area contributed by atoms with Gasteiger partial charge in [0.15, 0.2) is 0 Å². The molecule has 138 valence electrons. The number of carbonyl (C=O) groups is 1.